The Balaban J connectivity index is 1.33. The van der Waals surface area contributed by atoms with Crippen LogP contribution in [0.2, 0.25) is 0 Å². The number of hydrogen-bond donors (Lipinski definition) is 0. The molecule has 230 valence electrons. The molecule has 0 bridgehead atoms. The molecule has 0 unspecified atom stereocenters. The maximum absolute atomic E-state index is 2.44. The lowest BCUT2D eigenvalue weighted by Gasteiger charge is -2.29. The van der Waals surface area contributed by atoms with E-state index >= 15 is 0 Å². The van der Waals surface area contributed by atoms with Crippen LogP contribution in [0.25, 0.3) is 65.7 Å². The van der Waals surface area contributed by atoms with Gasteiger partial charge in [-0.15, -0.1) is 0 Å². The number of hydrogen-bond acceptors (Lipinski definition) is 1. The van der Waals surface area contributed by atoms with E-state index in [0.717, 1.165) is 17.1 Å². The highest BCUT2D eigenvalue weighted by atomic mass is 15.1. The first-order chi connectivity index (χ1) is 24.3. The first kappa shape index (κ1) is 28.8. The lowest BCUT2D eigenvalue weighted by atomic mass is 9.93. The van der Waals surface area contributed by atoms with Gasteiger partial charge in [0.15, 0.2) is 0 Å². The third kappa shape index (κ3) is 5.23. The van der Waals surface area contributed by atoms with Crippen LogP contribution >= 0.6 is 0 Å². The minimum Gasteiger partial charge on any atom is -0.310 e. The summed E-state index contributed by atoms with van der Waals surface area (Å²) in [6.45, 7) is 0. The predicted octanol–water partition coefficient (Wildman–Crippen LogP) is 13.6. The van der Waals surface area contributed by atoms with Gasteiger partial charge in [-0.3, -0.25) is 0 Å². The van der Waals surface area contributed by atoms with Crippen LogP contribution in [0.5, 0.6) is 0 Å². The summed E-state index contributed by atoms with van der Waals surface area (Å²) < 4.78 is 0. The third-order valence-electron chi connectivity index (χ3n) is 9.64. The molecular formula is C48H33N. The van der Waals surface area contributed by atoms with Gasteiger partial charge >= 0.3 is 0 Å². The van der Waals surface area contributed by atoms with Gasteiger partial charge in [-0.05, 0) is 90.5 Å². The van der Waals surface area contributed by atoms with Gasteiger partial charge in [-0.25, -0.2) is 0 Å². The van der Waals surface area contributed by atoms with Crippen molar-refractivity contribution in [3.8, 4) is 33.4 Å². The smallest absolute Gasteiger partial charge is 0.0540 e. The number of fused-ring (bicyclic) bond motifs is 4. The van der Waals surface area contributed by atoms with Crippen LogP contribution in [0.3, 0.4) is 0 Å². The van der Waals surface area contributed by atoms with Gasteiger partial charge in [-0.1, -0.05) is 170 Å². The Morgan fingerprint density at radius 1 is 0.265 bits per heavy atom. The first-order valence-electron chi connectivity index (χ1n) is 16.9. The van der Waals surface area contributed by atoms with Crippen molar-refractivity contribution in [1.82, 2.24) is 0 Å². The third-order valence-corrected chi connectivity index (χ3v) is 9.64. The summed E-state index contributed by atoms with van der Waals surface area (Å²) in [6, 6.07) is 72.6. The van der Waals surface area contributed by atoms with Crippen molar-refractivity contribution in [2.45, 2.75) is 0 Å². The van der Waals surface area contributed by atoms with E-state index in [0.29, 0.717) is 0 Å². The van der Waals surface area contributed by atoms with Gasteiger partial charge in [-0.2, -0.15) is 0 Å². The zero-order valence-corrected chi connectivity index (χ0v) is 27.0. The Hall–Kier alpha value is -6.44. The molecule has 1 nitrogen and oxygen atoms in total. The molecule has 0 atom stereocenters. The largest absolute Gasteiger partial charge is 0.310 e. The van der Waals surface area contributed by atoms with E-state index in [1.165, 1.54) is 65.7 Å². The van der Waals surface area contributed by atoms with Gasteiger partial charge < -0.3 is 4.90 Å². The average molecular weight is 624 g/mol. The van der Waals surface area contributed by atoms with Gasteiger partial charge in [0, 0.05) is 16.9 Å². The zero-order chi connectivity index (χ0) is 32.6. The summed E-state index contributed by atoms with van der Waals surface area (Å²) in [6.07, 6.45) is 0. The summed E-state index contributed by atoms with van der Waals surface area (Å²) in [5, 5.41) is 7.45. The highest BCUT2D eigenvalue weighted by Crippen LogP contribution is 2.46. The minimum atomic E-state index is 1.10. The molecular weight excluding hydrogens is 591 g/mol. The predicted molar refractivity (Wildman–Crippen MR) is 210 cm³/mol. The molecule has 0 aliphatic rings. The van der Waals surface area contributed by atoms with Crippen LogP contribution < -0.4 is 4.90 Å². The summed E-state index contributed by atoms with van der Waals surface area (Å²) >= 11 is 0. The number of benzene rings is 9. The van der Waals surface area contributed by atoms with Crippen molar-refractivity contribution in [3.05, 3.63) is 200 Å². The van der Waals surface area contributed by atoms with Crippen molar-refractivity contribution >= 4 is 49.4 Å². The molecule has 0 aliphatic carbocycles. The zero-order valence-electron chi connectivity index (χ0n) is 27.0. The molecule has 9 aromatic rings. The average Bonchev–Trinajstić information content (AvgIpc) is 3.18. The van der Waals surface area contributed by atoms with Crippen LogP contribution in [0.1, 0.15) is 0 Å². The number of anilines is 3. The molecule has 0 heterocycles. The molecule has 9 aromatic carbocycles. The van der Waals surface area contributed by atoms with E-state index in [-0.39, 0.29) is 0 Å². The standard InChI is InChI=1S/C48H33N/c1-3-14-34(15-4-1)43-31-30-40(33-46(43)36-16-5-2-6-17-36)49(39-29-28-38-27-26-37-19-8-10-22-42(37)47(38)32-39)48-25-12-11-23-45(48)44-24-13-20-35-18-7-9-21-41(35)44/h1-33H. The van der Waals surface area contributed by atoms with E-state index in [1.807, 2.05) is 0 Å². The summed E-state index contributed by atoms with van der Waals surface area (Å²) in [4.78, 5) is 2.44. The van der Waals surface area contributed by atoms with Crippen molar-refractivity contribution < 1.29 is 0 Å². The summed E-state index contributed by atoms with van der Waals surface area (Å²) in [5.74, 6) is 0. The van der Waals surface area contributed by atoms with E-state index in [1.54, 1.807) is 0 Å². The van der Waals surface area contributed by atoms with Crippen molar-refractivity contribution in [2.75, 3.05) is 4.90 Å². The van der Waals surface area contributed by atoms with Crippen LogP contribution in [0.4, 0.5) is 17.1 Å². The molecule has 0 radical (unpaired) electrons. The number of nitrogens with zero attached hydrogens (tertiary/aromatic N) is 1. The highest BCUT2D eigenvalue weighted by Gasteiger charge is 2.21. The van der Waals surface area contributed by atoms with Crippen LogP contribution in [0, 0.1) is 0 Å². The van der Waals surface area contributed by atoms with E-state index in [9.17, 15) is 0 Å². The van der Waals surface area contributed by atoms with E-state index < -0.39 is 0 Å². The van der Waals surface area contributed by atoms with Crippen molar-refractivity contribution in [1.29, 1.82) is 0 Å². The summed E-state index contributed by atoms with van der Waals surface area (Å²) in [5.41, 5.74) is 10.5. The lowest BCUT2D eigenvalue weighted by molar-refractivity contribution is 1.29. The van der Waals surface area contributed by atoms with Gasteiger partial charge in [0.25, 0.3) is 0 Å². The highest BCUT2D eigenvalue weighted by molar-refractivity contribution is 6.09. The maximum atomic E-state index is 2.44. The van der Waals surface area contributed by atoms with Crippen molar-refractivity contribution in [3.63, 3.8) is 0 Å². The second kappa shape index (κ2) is 12.3. The molecule has 0 saturated heterocycles. The molecule has 1 heteroatoms. The van der Waals surface area contributed by atoms with Crippen molar-refractivity contribution in [2.24, 2.45) is 0 Å². The normalized spacial score (nSPS) is 11.3. The molecule has 49 heavy (non-hydrogen) atoms. The Bertz CT molecular complexity index is 2600. The second-order valence-corrected chi connectivity index (χ2v) is 12.5. The lowest BCUT2D eigenvalue weighted by Crippen LogP contribution is -2.11. The molecule has 0 fully saturated rings. The quantitative estimate of drug-likeness (QED) is 0.167. The van der Waals surface area contributed by atoms with Crippen LogP contribution in [-0.2, 0) is 0 Å². The molecule has 0 N–H and O–H groups in total. The molecule has 0 amide bonds. The first-order valence-corrected chi connectivity index (χ1v) is 16.9. The Morgan fingerprint density at radius 2 is 0.776 bits per heavy atom. The van der Waals surface area contributed by atoms with E-state index in [2.05, 4.69) is 205 Å². The van der Waals surface area contributed by atoms with E-state index in [4.69, 9.17) is 0 Å². The molecule has 0 spiro atoms. The topological polar surface area (TPSA) is 3.24 Å². The molecule has 0 aromatic heterocycles. The second-order valence-electron chi connectivity index (χ2n) is 12.5. The fraction of sp³-hybridized carbons (Fsp3) is 0. The Kier molecular flexibility index (Phi) is 7.22. The van der Waals surface area contributed by atoms with Crippen LogP contribution in [0.15, 0.2) is 200 Å². The fourth-order valence-electron chi connectivity index (χ4n) is 7.31. The number of rotatable bonds is 6. The van der Waals surface area contributed by atoms with Crippen LogP contribution in [-0.4, -0.2) is 0 Å². The molecule has 9 rings (SSSR count). The molecule has 0 saturated carbocycles. The minimum absolute atomic E-state index is 1.10. The Morgan fingerprint density at radius 3 is 1.55 bits per heavy atom. The van der Waals surface area contributed by atoms with Gasteiger partial charge in [0.1, 0.15) is 0 Å². The molecule has 0 aliphatic heterocycles. The SMILES string of the molecule is c1ccc(-c2ccc(N(c3ccc4ccc5ccccc5c4c3)c3ccccc3-c3cccc4ccccc34)cc2-c2ccccc2)cc1. The van der Waals surface area contributed by atoms with Gasteiger partial charge in [0.05, 0.1) is 5.69 Å². The van der Waals surface area contributed by atoms with Gasteiger partial charge in [0.2, 0.25) is 0 Å². The monoisotopic (exact) mass is 623 g/mol. The number of para-hydroxylation sites is 1. The summed E-state index contributed by atoms with van der Waals surface area (Å²) in [7, 11) is 0. The Labute approximate surface area is 287 Å². The maximum Gasteiger partial charge on any atom is 0.0540 e. The fourth-order valence-corrected chi connectivity index (χ4v) is 7.31.